The second-order valence-corrected chi connectivity index (χ2v) is 8.59. The SMILES string of the molecule is Cc1cc(C)c(NS(=O)(=O)c2ccc3c4c(cccc24)CC3)c(C)c1. The Kier molecular flexibility index (Phi) is 3.62. The van der Waals surface area contributed by atoms with Gasteiger partial charge in [-0.05, 0) is 67.3 Å². The largest absolute Gasteiger partial charge is 0.279 e. The fraction of sp³-hybridized carbons (Fsp3) is 0.238. The second kappa shape index (κ2) is 5.60. The van der Waals surface area contributed by atoms with Crippen molar-refractivity contribution >= 4 is 26.5 Å². The first-order valence-electron chi connectivity index (χ1n) is 8.51. The van der Waals surface area contributed by atoms with Crippen LogP contribution in [0.1, 0.15) is 27.8 Å². The van der Waals surface area contributed by atoms with Gasteiger partial charge in [0.1, 0.15) is 0 Å². The molecule has 0 aromatic heterocycles. The molecule has 0 heterocycles. The zero-order valence-electron chi connectivity index (χ0n) is 14.7. The number of benzene rings is 3. The van der Waals surface area contributed by atoms with E-state index in [2.05, 4.69) is 10.8 Å². The monoisotopic (exact) mass is 351 g/mol. The number of aryl methyl sites for hydroxylation is 5. The third-order valence-electron chi connectivity index (χ3n) is 5.04. The van der Waals surface area contributed by atoms with Crippen LogP contribution < -0.4 is 4.72 Å². The highest BCUT2D eigenvalue weighted by atomic mass is 32.2. The number of nitrogens with one attached hydrogen (secondary N) is 1. The summed E-state index contributed by atoms with van der Waals surface area (Å²) in [7, 11) is -3.65. The zero-order chi connectivity index (χ0) is 17.8. The van der Waals surface area contributed by atoms with Gasteiger partial charge in [-0.15, -0.1) is 0 Å². The topological polar surface area (TPSA) is 46.2 Å². The number of hydrogen-bond donors (Lipinski definition) is 1. The maximum atomic E-state index is 13.1. The minimum atomic E-state index is -3.65. The van der Waals surface area contributed by atoms with E-state index in [0.717, 1.165) is 40.3 Å². The maximum Gasteiger partial charge on any atom is 0.262 e. The van der Waals surface area contributed by atoms with Gasteiger partial charge in [-0.2, -0.15) is 0 Å². The van der Waals surface area contributed by atoms with E-state index in [9.17, 15) is 8.42 Å². The molecule has 0 aliphatic heterocycles. The Balaban J connectivity index is 1.87. The molecule has 0 amide bonds. The molecule has 0 atom stereocenters. The van der Waals surface area contributed by atoms with Crippen molar-refractivity contribution in [3.05, 3.63) is 70.3 Å². The average Bonchev–Trinajstić information content (AvgIpc) is 2.96. The lowest BCUT2D eigenvalue weighted by molar-refractivity contribution is 0.602. The summed E-state index contributed by atoms with van der Waals surface area (Å²) in [6.45, 7) is 5.89. The van der Waals surface area contributed by atoms with Crippen LogP contribution >= 0.6 is 0 Å². The lowest BCUT2D eigenvalue weighted by Gasteiger charge is -2.16. The van der Waals surface area contributed by atoms with Crippen molar-refractivity contribution in [3.8, 4) is 0 Å². The fourth-order valence-electron chi connectivity index (χ4n) is 3.98. The van der Waals surface area contributed by atoms with Crippen LogP contribution in [0.3, 0.4) is 0 Å². The van der Waals surface area contributed by atoms with Crippen molar-refractivity contribution in [1.82, 2.24) is 0 Å². The van der Waals surface area contributed by atoms with E-state index in [0.29, 0.717) is 10.6 Å². The minimum Gasteiger partial charge on any atom is -0.279 e. The third-order valence-corrected chi connectivity index (χ3v) is 6.45. The van der Waals surface area contributed by atoms with Gasteiger partial charge in [-0.1, -0.05) is 42.0 Å². The molecular weight excluding hydrogens is 330 g/mol. The van der Waals surface area contributed by atoms with Gasteiger partial charge in [-0.3, -0.25) is 4.72 Å². The predicted octanol–water partition coefficient (Wildman–Crippen LogP) is 4.66. The molecule has 0 unspecified atom stereocenters. The smallest absolute Gasteiger partial charge is 0.262 e. The van der Waals surface area contributed by atoms with Crippen LogP contribution in [0.25, 0.3) is 10.8 Å². The van der Waals surface area contributed by atoms with Gasteiger partial charge in [-0.25, -0.2) is 8.42 Å². The van der Waals surface area contributed by atoms with Crippen LogP contribution in [0.2, 0.25) is 0 Å². The molecule has 1 aliphatic rings. The second-order valence-electron chi connectivity index (χ2n) is 6.94. The molecule has 0 radical (unpaired) electrons. The predicted molar refractivity (Wildman–Crippen MR) is 103 cm³/mol. The summed E-state index contributed by atoms with van der Waals surface area (Å²) in [5.41, 5.74) is 6.16. The van der Waals surface area contributed by atoms with Crippen LogP contribution in [0.5, 0.6) is 0 Å². The summed E-state index contributed by atoms with van der Waals surface area (Å²) in [6.07, 6.45) is 1.97. The van der Waals surface area contributed by atoms with Gasteiger partial charge in [0.25, 0.3) is 10.0 Å². The molecular formula is C21H21NO2S. The van der Waals surface area contributed by atoms with Crippen molar-refractivity contribution in [2.24, 2.45) is 0 Å². The fourth-order valence-corrected chi connectivity index (χ4v) is 5.39. The van der Waals surface area contributed by atoms with E-state index in [1.807, 2.05) is 51.1 Å². The number of sulfonamides is 1. The Morgan fingerprint density at radius 2 is 1.52 bits per heavy atom. The van der Waals surface area contributed by atoms with Crippen molar-refractivity contribution < 1.29 is 8.42 Å². The first kappa shape index (κ1) is 16.2. The van der Waals surface area contributed by atoms with Crippen molar-refractivity contribution in [2.75, 3.05) is 4.72 Å². The highest BCUT2D eigenvalue weighted by Crippen LogP contribution is 2.35. The van der Waals surface area contributed by atoms with Crippen LogP contribution in [-0.4, -0.2) is 8.42 Å². The molecule has 25 heavy (non-hydrogen) atoms. The molecule has 1 aliphatic carbocycles. The third kappa shape index (κ3) is 2.61. The molecule has 0 bridgehead atoms. The van der Waals surface area contributed by atoms with Gasteiger partial charge in [0, 0.05) is 5.39 Å². The first-order chi connectivity index (χ1) is 11.9. The molecule has 4 rings (SSSR count). The molecule has 128 valence electrons. The quantitative estimate of drug-likeness (QED) is 0.746. The Morgan fingerprint density at radius 1 is 0.880 bits per heavy atom. The van der Waals surface area contributed by atoms with Crippen LogP contribution in [-0.2, 0) is 22.9 Å². The molecule has 3 aromatic rings. The summed E-state index contributed by atoms with van der Waals surface area (Å²) in [4.78, 5) is 0.356. The lowest BCUT2D eigenvalue weighted by Crippen LogP contribution is -2.15. The summed E-state index contributed by atoms with van der Waals surface area (Å²) < 4.78 is 29.1. The summed E-state index contributed by atoms with van der Waals surface area (Å²) in [5, 5.41) is 1.94. The van der Waals surface area contributed by atoms with Gasteiger partial charge in [0.05, 0.1) is 10.6 Å². The van der Waals surface area contributed by atoms with Crippen LogP contribution in [0.15, 0.2) is 47.4 Å². The highest BCUT2D eigenvalue weighted by molar-refractivity contribution is 7.93. The molecule has 0 saturated heterocycles. The molecule has 0 fully saturated rings. The van der Waals surface area contributed by atoms with E-state index < -0.39 is 10.0 Å². The lowest BCUT2D eigenvalue weighted by atomic mass is 10.1. The molecule has 1 N–H and O–H groups in total. The average molecular weight is 351 g/mol. The summed E-state index contributed by atoms with van der Waals surface area (Å²) in [6, 6.07) is 13.7. The normalized spacial score (nSPS) is 13.4. The van der Waals surface area contributed by atoms with Gasteiger partial charge in [0.2, 0.25) is 0 Å². The number of rotatable bonds is 3. The van der Waals surface area contributed by atoms with Gasteiger partial charge >= 0.3 is 0 Å². The summed E-state index contributed by atoms with van der Waals surface area (Å²) >= 11 is 0. The first-order valence-corrected chi connectivity index (χ1v) is 9.99. The van der Waals surface area contributed by atoms with Crippen molar-refractivity contribution in [1.29, 1.82) is 0 Å². The Bertz CT molecular complexity index is 1080. The summed E-state index contributed by atoms with van der Waals surface area (Å²) in [5.74, 6) is 0. The number of hydrogen-bond acceptors (Lipinski definition) is 2. The maximum absolute atomic E-state index is 13.1. The Hall–Kier alpha value is -2.33. The van der Waals surface area contributed by atoms with E-state index in [4.69, 9.17) is 0 Å². The van der Waals surface area contributed by atoms with Crippen LogP contribution in [0, 0.1) is 20.8 Å². The van der Waals surface area contributed by atoms with Gasteiger partial charge < -0.3 is 0 Å². The molecule has 0 saturated carbocycles. The van der Waals surface area contributed by atoms with E-state index in [1.165, 1.54) is 11.1 Å². The standard InChI is InChI=1S/C21H21NO2S/c1-13-11-14(2)21(15(3)12-13)22-25(23,24)19-10-9-17-8-7-16-5-4-6-18(19)20(16)17/h4-6,9-12,22H,7-8H2,1-3H3. The Morgan fingerprint density at radius 3 is 2.20 bits per heavy atom. The van der Waals surface area contributed by atoms with E-state index in [-0.39, 0.29) is 0 Å². The Labute approximate surface area is 148 Å². The van der Waals surface area contributed by atoms with Crippen molar-refractivity contribution in [3.63, 3.8) is 0 Å². The van der Waals surface area contributed by atoms with E-state index >= 15 is 0 Å². The zero-order valence-corrected chi connectivity index (χ0v) is 15.5. The highest BCUT2D eigenvalue weighted by Gasteiger charge is 2.23. The molecule has 4 heteroatoms. The molecule has 3 nitrogen and oxygen atoms in total. The molecule has 3 aromatic carbocycles. The molecule has 0 spiro atoms. The van der Waals surface area contributed by atoms with Crippen LogP contribution in [0.4, 0.5) is 5.69 Å². The van der Waals surface area contributed by atoms with Crippen molar-refractivity contribution in [2.45, 2.75) is 38.5 Å². The van der Waals surface area contributed by atoms with Gasteiger partial charge in [0.15, 0.2) is 0 Å². The minimum absolute atomic E-state index is 0.356. The number of anilines is 1. The van der Waals surface area contributed by atoms with E-state index in [1.54, 1.807) is 6.07 Å².